The Kier molecular flexibility index (Phi) is 6.02. The maximum Gasteiger partial charge on any atom is 0.142 e. The first-order valence-corrected chi connectivity index (χ1v) is 7.96. The van der Waals surface area contributed by atoms with Crippen LogP contribution in [0.2, 0.25) is 5.02 Å². The highest BCUT2D eigenvalue weighted by Gasteiger charge is 2.11. The Balaban J connectivity index is 2.11. The van der Waals surface area contributed by atoms with Crippen LogP contribution in [-0.2, 0) is 13.1 Å². The van der Waals surface area contributed by atoms with Gasteiger partial charge in [0.1, 0.15) is 5.82 Å². The van der Waals surface area contributed by atoms with E-state index in [-0.39, 0.29) is 10.8 Å². The van der Waals surface area contributed by atoms with Gasteiger partial charge in [0.2, 0.25) is 0 Å². The average molecular weight is 357 g/mol. The van der Waals surface area contributed by atoms with E-state index >= 15 is 0 Å². The minimum Gasteiger partial charge on any atom is -0.294 e. The summed E-state index contributed by atoms with van der Waals surface area (Å²) in [4.78, 5) is 2.24. The van der Waals surface area contributed by atoms with Gasteiger partial charge in [-0.2, -0.15) is 0 Å². The second-order valence-corrected chi connectivity index (χ2v) is 5.77. The molecule has 0 spiro atoms. The van der Waals surface area contributed by atoms with Crippen LogP contribution in [0.5, 0.6) is 0 Å². The largest absolute Gasteiger partial charge is 0.294 e. The van der Waals surface area contributed by atoms with E-state index in [0.29, 0.717) is 6.54 Å². The van der Waals surface area contributed by atoms with E-state index in [4.69, 9.17) is 11.6 Å². The third-order valence-electron chi connectivity index (χ3n) is 3.08. The predicted octanol–water partition coefficient (Wildman–Crippen LogP) is 4.88. The number of alkyl halides is 1. The highest BCUT2D eigenvalue weighted by molar-refractivity contribution is 9.09. The molecule has 2 aromatic carbocycles. The zero-order valence-electron chi connectivity index (χ0n) is 11.0. The molecule has 0 aliphatic heterocycles. The van der Waals surface area contributed by atoms with Crippen molar-refractivity contribution in [3.05, 3.63) is 70.5 Å². The fourth-order valence-electron chi connectivity index (χ4n) is 2.09. The number of hydrogen-bond acceptors (Lipinski definition) is 1. The SMILES string of the molecule is Fc1cccc(CN(CCBr)Cc2ccccc2)c1Cl. The molecule has 0 heterocycles. The monoisotopic (exact) mass is 355 g/mol. The van der Waals surface area contributed by atoms with Crippen LogP contribution in [0.15, 0.2) is 48.5 Å². The lowest BCUT2D eigenvalue weighted by atomic mass is 10.1. The Morgan fingerprint density at radius 1 is 1.00 bits per heavy atom. The van der Waals surface area contributed by atoms with Gasteiger partial charge in [0.05, 0.1) is 5.02 Å². The van der Waals surface area contributed by atoms with Gasteiger partial charge in [-0.25, -0.2) is 4.39 Å². The van der Waals surface area contributed by atoms with Gasteiger partial charge in [-0.3, -0.25) is 4.90 Å². The van der Waals surface area contributed by atoms with Crippen molar-refractivity contribution in [3.8, 4) is 0 Å². The molecule has 106 valence electrons. The molecule has 2 rings (SSSR count). The molecule has 0 N–H and O–H groups in total. The van der Waals surface area contributed by atoms with Crippen LogP contribution in [0.3, 0.4) is 0 Å². The molecule has 4 heteroatoms. The van der Waals surface area contributed by atoms with Crippen LogP contribution >= 0.6 is 27.5 Å². The van der Waals surface area contributed by atoms with Crippen LogP contribution in [0, 0.1) is 5.82 Å². The molecule has 0 bridgehead atoms. The summed E-state index contributed by atoms with van der Waals surface area (Å²) < 4.78 is 13.5. The van der Waals surface area contributed by atoms with Crippen molar-refractivity contribution in [2.24, 2.45) is 0 Å². The van der Waals surface area contributed by atoms with Crippen molar-refractivity contribution in [1.82, 2.24) is 4.90 Å². The molecule has 0 unspecified atom stereocenters. The summed E-state index contributed by atoms with van der Waals surface area (Å²) in [6.07, 6.45) is 0. The van der Waals surface area contributed by atoms with Gasteiger partial charge in [0, 0.05) is 25.0 Å². The first-order chi connectivity index (χ1) is 9.70. The fourth-order valence-corrected chi connectivity index (χ4v) is 2.77. The number of benzene rings is 2. The lowest BCUT2D eigenvalue weighted by molar-refractivity contribution is 0.274. The van der Waals surface area contributed by atoms with Crippen molar-refractivity contribution in [3.63, 3.8) is 0 Å². The van der Waals surface area contributed by atoms with Crippen molar-refractivity contribution in [1.29, 1.82) is 0 Å². The second-order valence-electron chi connectivity index (χ2n) is 4.60. The zero-order valence-corrected chi connectivity index (χ0v) is 13.4. The maximum atomic E-state index is 13.5. The smallest absolute Gasteiger partial charge is 0.142 e. The van der Waals surface area contributed by atoms with Crippen LogP contribution < -0.4 is 0 Å². The standard InChI is InChI=1S/C16H16BrClFN/c17-9-10-20(11-13-5-2-1-3-6-13)12-14-7-4-8-15(19)16(14)18/h1-8H,9-12H2. The lowest BCUT2D eigenvalue weighted by Gasteiger charge is -2.22. The Morgan fingerprint density at radius 3 is 2.45 bits per heavy atom. The van der Waals surface area contributed by atoms with Crippen LogP contribution in [0.4, 0.5) is 4.39 Å². The summed E-state index contributed by atoms with van der Waals surface area (Å²) in [6.45, 7) is 2.33. The second kappa shape index (κ2) is 7.77. The van der Waals surface area contributed by atoms with Gasteiger partial charge in [0.15, 0.2) is 0 Å². The van der Waals surface area contributed by atoms with E-state index in [1.165, 1.54) is 11.6 Å². The van der Waals surface area contributed by atoms with Crippen molar-refractivity contribution >= 4 is 27.5 Å². The summed E-state index contributed by atoms with van der Waals surface area (Å²) in [5, 5.41) is 1.09. The van der Waals surface area contributed by atoms with Gasteiger partial charge in [0.25, 0.3) is 0 Å². The Bertz CT molecular complexity index is 547. The van der Waals surface area contributed by atoms with Gasteiger partial charge < -0.3 is 0 Å². The molecule has 0 amide bonds. The van der Waals surface area contributed by atoms with Crippen LogP contribution in [-0.4, -0.2) is 16.8 Å². The Hall–Kier alpha value is -0.900. The van der Waals surface area contributed by atoms with Gasteiger partial charge in [-0.05, 0) is 17.2 Å². The highest BCUT2D eigenvalue weighted by atomic mass is 79.9. The van der Waals surface area contributed by atoms with Crippen molar-refractivity contribution in [2.75, 3.05) is 11.9 Å². The first kappa shape index (κ1) is 15.5. The van der Waals surface area contributed by atoms with E-state index in [9.17, 15) is 4.39 Å². The molecule has 0 fully saturated rings. The number of hydrogen-bond donors (Lipinski definition) is 0. The summed E-state index contributed by atoms with van der Waals surface area (Å²) in [6, 6.07) is 15.2. The summed E-state index contributed by atoms with van der Waals surface area (Å²) in [5.41, 5.74) is 2.06. The maximum absolute atomic E-state index is 13.5. The summed E-state index contributed by atoms with van der Waals surface area (Å²) >= 11 is 9.49. The van der Waals surface area contributed by atoms with Crippen molar-refractivity contribution in [2.45, 2.75) is 13.1 Å². The molecule has 0 radical (unpaired) electrons. The highest BCUT2D eigenvalue weighted by Crippen LogP contribution is 2.22. The molecule has 0 aromatic heterocycles. The molecule has 1 nitrogen and oxygen atoms in total. The van der Waals surface area contributed by atoms with Crippen LogP contribution in [0.25, 0.3) is 0 Å². The molecule has 0 atom stereocenters. The van der Waals surface area contributed by atoms with Crippen molar-refractivity contribution < 1.29 is 4.39 Å². The molecule has 0 saturated carbocycles. The van der Waals surface area contributed by atoms with E-state index < -0.39 is 0 Å². The van der Waals surface area contributed by atoms with E-state index in [1.54, 1.807) is 6.07 Å². The molecule has 2 aromatic rings. The quantitative estimate of drug-likeness (QED) is 0.667. The summed E-state index contributed by atoms with van der Waals surface area (Å²) in [7, 11) is 0. The molecule has 20 heavy (non-hydrogen) atoms. The minimum atomic E-state index is -0.359. The lowest BCUT2D eigenvalue weighted by Crippen LogP contribution is -2.25. The molecule has 0 aliphatic rings. The zero-order chi connectivity index (χ0) is 14.4. The molecular weight excluding hydrogens is 341 g/mol. The third-order valence-corrected chi connectivity index (χ3v) is 3.85. The minimum absolute atomic E-state index is 0.222. The van der Waals surface area contributed by atoms with E-state index in [0.717, 1.165) is 24.0 Å². The number of halogens is 3. The van der Waals surface area contributed by atoms with Gasteiger partial charge in [-0.1, -0.05) is 70.0 Å². The number of nitrogens with zero attached hydrogens (tertiary/aromatic N) is 1. The first-order valence-electron chi connectivity index (χ1n) is 6.46. The number of rotatable bonds is 6. The van der Waals surface area contributed by atoms with Gasteiger partial charge in [-0.15, -0.1) is 0 Å². The van der Waals surface area contributed by atoms with Crippen LogP contribution in [0.1, 0.15) is 11.1 Å². The van der Waals surface area contributed by atoms with Gasteiger partial charge >= 0.3 is 0 Å². The molecule has 0 saturated heterocycles. The van der Waals surface area contributed by atoms with E-state index in [2.05, 4.69) is 33.0 Å². The normalized spacial score (nSPS) is 11.0. The molecule has 0 aliphatic carbocycles. The third kappa shape index (κ3) is 4.30. The average Bonchev–Trinajstić information content (AvgIpc) is 2.45. The van der Waals surface area contributed by atoms with E-state index in [1.807, 2.05) is 24.3 Å². The fraction of sp³-hybridized carbons (Fsp3) is 0.250. The predicted molar refractivity (Wildman–Crippen MR) is 85.8 cm³/mol. The Morgan fingerprint density at radius 2 is 1.75 bits per heavy atom. The topological polar surface area (TPSA) is 3.24 Å². The molecular formula is C16H16BrClFN. The summed E-state index contributed by atoms with van der Waals surface area (Å²) in [5.74, 6) is -0.359. The Labute approximate surface area is 132 Å².